The van der Waals surface area contributed by atoms with Crippen molar-refractivity contribution in [2.75, 3.05) is 18.5 Å². The highest BCUT2D eigenvalue weighted by Crippen LogP contribution is 2.46. The van der Waals surface area contributed by atoms with E-state index in [1.165, 1.54) is 19.9 Å². The molecule has 1 aliphatic heterocycles. The summed E-state index contributed by atoms with van der Waals surface area (Å²) in [6, 6.07) is 5.55. The number of benzene rings is 2. The summed E-state index contributed by atoms with van der Waals surface area (Å²) in [5.41, 5.74) is -3.54. The molecule has 0 saturated carbocycles. The fourth-order valence-electron chi connectivity index (χ4n) is 3.68. The normalized spacial score (nSPS) is 18.3. The van der Waals surface area contributed by atoms with Gasteiger partial charge in [-0.2, -0.15) is 26.3 Å². The van der Waals surface area contributed by atoms with Crippen LogP contribution in [-0.4, -0.2) is 31.2 Å². The Hall–Kier alpha value is -3.28. The Bertz CT molecular complexity index is 1100. The number of carbonyl (C=O) groups is 2. The third-order valence-corrected chi connectivity index (χ3v) is 5.09. The summed E-state index contributed by atoms with van der Waals surface area (Å²) in [5.74, 6) is -2.34. The molecule has 0 bridgehead atoms. The average molecular weight is 505 g/mol. The molecule has 1 aliphatic rings. The largest absolute Gasteiger partial charge is 0.493 e. The monoisotopic (exact) mass is 505 g/mol. The molecule has 2 aromatic rings. The van der Waals surface area contributed by atoms with E-state index >= 15 is 0 Å². The van der Waals surface area contributed by atoms with E-state index in [1.807, 2.05) is 0 Å². The number of ether oxygens (including phenoxy) is 3. The van der Waals surface area contributed by atoms with Gasteiger partial charge in [-0.3, -0.25) is 9.59 Å². The lowest BCUT2D eigenvalue weighted by Gasteiger charge is -2.26. The van der Waals surface area contributed by atoms with Gasteiger partial charge in [0, 0.05) is 16.8 Å². The van der Waals surface area contributed by atoms with Crippen molar-refractivity contribution in [3.63, 3.8) is 0 Å². The zero-order valence-corrected chi connectivity index (χ0v) is 18.5. The number of alkyl halides is 6. The number of esters is 1. The third kappa shape index (κ3) is 5.87. The smallest absolute Gasteiger partial charge is 0.420 e. The fourth-order valence-corrected chi connectivity index (χ4v) is 3.68. The van der Waals surface area contributed by atoms with Crippen LogP contribution < -0.4 is 10.1 Å². The molecule has 35 heavy (non-hydrogen) atoms. The summed E-state index contributed by atoms with van der Waals surface area (Å²) >= 11 is 0. The molecule has 2 atom stereocenters. The number of hydrogen-bond donors (Lipinski definition) is 1. The van der Waals surface area contributed by atoms with Crippen molar-refractivity contribution >= 4 is 17.6 Å². The first-order valence-electron chi connectivity index (χ1n) is 10.5. The van der Waals surface area contributed by atoms with Gasteiger partial charge in [-0.1, -0.05) is 12.1 Å². The summed E-state index contributed by atoms with van der Waals surface area (Å²) in [7, 11) is 0. The second kappa shape index (κ2) is 10.1. The van der Waals surface area contributed by atoms with E-state index in [9.17, 15) is 35.9 Å². The molecule has 0 aliphatic carbocycles. The van der Waals surface area contributed by atoms with E-state index in [4.69, 9.17) is 14.2 Å². The lowest BCUT2D eigenvalue weighted by Crippen LogP contribution is -2.32. The summed E-state index contributed by atoms with van der Waals surface area (Å²) in [4.78, 5) is 24.7. The fraction of sp³-hybridized carbons (Fsp3) is 0.391. The molecule has 0 spiro atoms. The van der Waals surface area contributed by atoms with Gasteiger partial charge < -0.3 is 19.5 Å². The van der Waals surface area contributed by atoms with Crippen LogP contribution in [0.2, 0.25) is 0 Å². The van der Waals surface area contributed by atoms with Crippen molar-refractivity contribution in [2.24, 2.45) is 0 Å². The molecule has 0 unspecified atom stereocenters. The van der Waals surface area contributed by atoms with Gasteiger partial charge in [0.05, 0.1) is 25.2 Å². The maximum atomic E-state index is 14.1. The number of fused-ring (bicyclic) bond motifs is 1. The quantitative estimate of drug-likeness (QED) is 0.415. The van der Waals surface area contributed by atoms with Crippen molar-refractivity contribution < 1.29 is 50.1 Å². The van der Waals surface area contributed by atoms with Crippen LogP contribution in [0.25, 0.3) is 0 Å². The molecule has 0 radical (unpaired) electrons. The Balaban J connectivity index is 2.24. The van der Waals surface area contributed by atoms with Crippen molar-refractivity contribution in [1.82, 2.24) is 0 Å². The molecular formula is C23H21F6NO5. The predicted molar refractivity (Wildman–Crippen MR) is 111 cm³/mol. The van der Waals surface area contributed by atoms with Gasteiger partial charge in [-0.05, 0) is 38.1 Å². The van der Waals surface area contributed by atoms with Gasteiger partial charge in [0.1, 0.15) is 23.5 Å². The SMILES string of the molecule is CCOC(=O)C[C@H]1O[C@H](c2cccc(OCC)c2C(F)(F)F)c2cc(C(F)(F)F)ccc2NC1=O. The van der Waals surface area contributed by atoms with E-state index in [1.54, 1.807) is 0 Å². The molecule has 0 fully saturated rings. The maximum absolute atomic E-state index is 14.1. The molecule has 1 heterocycles. The van der Waals surface area contributed by atoms with Gasteiger partial charge in [0.15, 0.2) is 0 Å². The Labute approximate surface area is 196 Å². The molecule has 0 aromatic heterocycles. The van der Waals surface area contributed by atoms with Gasteiger partial charge in [-0.15, -0.1) is 0 Å². The van der Waals surface area contributed by atoms with E-state index < -0.39 is 65.3 Å². The zero-order chi connectivity index (χ0) is 26.0. The number of amides is 1. The van der Waals surface area contributed by atoms with Gasteiger partial charge in [0.2, 0.25) is 0 Å². The van der Waals surface area contributed by atoms with Crippen molar-refractivity contribution in [3.05, 3.63) is 58.7 Å². The first-order valence-corrected chi connectivity index (χ1v) is 10.5. The minimum atomic E-state index is -4.98. The Morgan fingerprint density at radius 3 is 2.31 bits per heavy atom. The number of anilines is 1. The number of hydrogen-bond acceptors (Lipinski definition) is 5. The van der Waals surface area contributed by atoms with Crippen LogP contribution in [0.4, 0.5) is 32.0 Å². The van der Waals surface area contributed by atoms with Crippen molar-refractivity contribution in [3.8, 4) is 5.75 Å². The molecule has 1 amide bonds. The minimum absolute atomic E-state index is 0.0274. The van der Waals surface area contributed by atoms with E-state index in [0.717, 1.165) is 18.2 Å². The van der Waals surface area contributed by atoms with Crippen molar-refractivity contribution in [2.45, 2.75) is 44.8 Å². The van der Waals surface area contributed by atoms with Gasteiger partial charge in [-0.25, -0.2) is 0 Å². The van der Waals surface area contributed by atoms with Crippen LogP contribution in [-0.2, 0) is 31.4 Å². The van der Waals surface area contributed by atoms with Crippen LogP contribution in [0.3, 0.4) is 0 Å². The highest BCUT2D eigenvalue weighted by Gasteiger charge is 2.43. The Morgan fingerprint density at radius 1 is 1.00 bits per heavy atom. The molecule has 12 heteroatoms. The number of halogens is 6. The molecule has 190 valence electrons. The first kappa shape index (κ1) is 26.3. The highest BCUT2D eigenvalue weighted by atomic mass is 19.4. The Morgan fingerprint density at radius 2 is 1.71 bits per heavy atom. The van der Waals surface area contributed by atoms with E-state index in [2.05, 4.69) is 5.32 Å². The second-order valence-corrected chi connectivity index (χ2v) is 7.45. The number of carbonyl (C=O) groups excluding carboxylic acids is 2. The van der Waals surface area contributed by atoms with Crippen molar-refractivity contribution in [1.29, 1.82) is 0 Å². The second-order valence-electron chi connectivity index (χ2n) is 7.45. The van der Waals surface area contributed by atoms with Gasteiger partial charge >= 0.3 is 18.3 Å². The summed E-state index contributed by atoms with van der Waals surface area (Å²) < 4.78 is 98.3. The molecule has 6 nitrogen and oxygen atoms in total. The zero-order valence-electron chi connectivity index (χ0n) is 18.5. The number of rotatable bonds is 6. The van der Waals surface area contributed by atoms with Crippen LogP contribution in [0.5, 0.6) is 5.75 Å². The lowest BCUT2D eigenvalue weighted by atomic mass is 9.93. The van der Waals surface area contributed by atoms with Crippen LogP contribution in [0, 0.1) is 0 Å². The van der Waals surface area contributed by atoms with E-state index in [-0.39, 0.29) is 24.5 Å². The standard InChI is InChI=1S/C23H21F6NO5/c1-3-33-16-7-5-6-13(19(16)23(27,28)29)20-14-10-12(22(24,25)26)8-9-15(14)30-21(32)17(35-20)11-18(31)34-4-2/h5-10,17,20H,3-4,11H2,1-2H3,(H,30,32)/t17-,20-/m1/s1. The van der Waals surface area contributed by atoms with Crippen LogP contribution in [0.1, 0.15) is 48.6 Å². The molecule has 1 N–H and O–H groups in total. The van der Waals surface area contributed by atoms with E-state index in [0.29, 0.717) is 12.1 Å². The topological polar surface area (TPSA) is 73.9 Å². The molecule has 0 saturated heterocycles. The summed E-state index contributed by atoms with van der Waals surface area (Å²) in [5, 5.41) is 2.34. The van der Waals surface area contributed by atoms with Crippen LogP contribution in [0.15, 0.2) is 36.4 Å². The maximum Gasteiger partial charge on any atom is 0.420 e. The summed E-state index contributed by atoms with van der Waals surface area (Å²) in [6.45, 7) is 2.84. The third-order valence-electron chi connectivity index (χ3n) is 5.09. The first-order chi connectivity index (χ1) is 16.4. The molecule has 3 rings (SSSR count). The molecule has 2 aromatic carbocycles. The highest BCUT2D eigenvalue weighted by molar-refractivity contribution is 5.97. The summed E-state index contributed by atoms with van der Waals surface area (Å²) in [6.07, 6.45) is -13.9. The van der Waals surface area contributed by atoms with Crippen LogP contribution >= 0.6 is 0 Å². The Kier molecular flexibility index (Phi) is 7.63. The van der Waals surface area contributed by atoms with Gasteiger partial charge in [0.25, 0.3) is 5.91 Å². The predicted octanol–water partition coefficient (Wildman–Crippen LogP) is 5.50. The number of nitrogens with one attached hydrogen (secondary N) is 1. The lowest BCUT2D eigenvalue weighted by molar-refractivity contribution is -0.152. The average Bonchev–Trinajstić information content (AvgIpc) is 2.88. The molecular weight excluding hydrogens is 484 g/mol. The minimum Gasteiger partial charge on any atom is -0.493 e.